The first-order valence-electron chi connectivity index (χ1n) is 6.55. The van der Waals surface area contributed by atoms with E-state index < -0.39 is 0 Å². The number of aromatic amines is 1. The number of rotatable bonds is 5. The molecule has 3 heterocycles. The Balaban J connectivity index is 1.65. The van der Waals surface area contributed by atoms with E-state index >= 15 is 0 Å². The molecule has 0 fully saturated rings. The number of hydrogen-bond donors (Lipinski definition) is 2. The van der Waals surface area contributed by atoms with E-state index in [9.17, 15) is 0 Å². The van der Waals surface area contributed by atoms with Gasteiger partial charge in [-0.1, -0.05) is 11.8 Å². The van der Waals surface area contributed by atoms with Gasteiger partial charge in [0, 0.05) is 19.3 Å². The highest BCUT2D eigenvalue weighted by atomic mass is 32.2. The van der Waals surface area contributed by atoms with Crippen molar-refractivity contribution < 1.29 is 0 Å². The lowest BCUT2D eigenvalue weighted by molar-refractivity contribution is 0.783. The molecule has 0 atom stereocenters. The monoisotopic (exact) mass is 304 g/mol. The molecule has 3 rings (SSSR count). The van der Waals surface area contributed by atoms with Gasteiger partial charge in [-0.05, 0) is 13.8 Å². The fraction of sp³-hybridized carbons (Fsp3) is 0.417. The van der Waals surface area contributed by atoms with Gasteiger partial charge in [-0.15, -0.1) is 5.10 Å². The molecule has 9 heteroatoms. The van der Waals surface area contributed by atoms with E-state index in [4.69, 9.17) is 0 Å². The summed E-state index contributed by atoms with van der Waals surface area (Å²) in [4.78, 5) is 13.1. The highest BCUT2D eigenvalue weighted by Gasteiger charge is 2.09. The number of hydrogen-bond acceptors (Lipinski definition) is 7. The molecule has 0 aliphatic heterocycles. The minimum Gasteiger partial charge on any atom is -0.369 e. The highest BCUT2D eigenvalue weighted by molar-refractivity contribution is 7.99. The van der Waals surface area contributed by atoms with Gasteiger partial charge >= 0.3 is 0 Å². The second kappa shape index (κ2) is 5.68. The Hall–Kier alpha value is -2.16. The summed E-state index contributed by atoms with van der Waals surface area (Å²) in [5.74, 6) is 3.22. The van der Waals surface area contributed by atoms with E-state index in [0.29, 0.717) is 0 Å². The third-order valence-corrected chi connectivity index (χ3v) is 3.76. The van der Waals surface area contributed by atoms with Crippen LogP contribution < -0.4 is 5.32 Å². The maximum atomic E-state index is 4.44. The molecule has 0 radical (unpaired) electrons. The molecule has 0 spiro atoms. The van der Waals surface area contributed by atoms with E-state index in [2.05, 4.69) is 35.6 Å². The van der Waals surface area contributed by atoms with E-state index in [1.807, 2.05) is 20.9 Å². The minimum atomic E-state index is 0.728. The Bertz CT molecular complexity index is 762. The average molecular weight is 304 g/mol. The van der Waals surface area contributed by atoms with Crippen LogP contribution in [0.25, 0.3) is 11.0 Å². The third kappa shape index (κ3) is 2.97. The number of anilines is 1. The number of thioether (sulfide) groups is 1. The van der Waals surface area contributed by atoms with Crippen molar-refractivity contribution in [3.63, 3.8) is 0 Å². The van der Waals surface area contributed by atoms with Crippen molar-refractivity contribution in [3.8, 4) is 0 Å². The summed E-state index contributed by atoms with van der Waals surface area (Å²) in [6.07, 6.45) is 1.78. The van der Waals surface area contributed by atoms with Crippen molar-refractivity contribution >= 4 is 28.6 Å². The summed E-state index contributed by atoms with van der Waals surface area (Å²) in [5.41, 5.74) is 0.835. The Morgan fingerprint density at radius 2 is 2.14 bits per heavy atom. The Kier molecular flexibility index (Phi) is 3.74. The summed E-state index contributed by atoms with van der Waals surface area (Å²) in [6, 6.07) is 0. The minimum absolute atomic E-state index is 0.728. The largest absolute Gasteiger partial charge is 0.369 e. The Morgan fingerprint density at radius 1 is 1.29 bits per heavy atom. The number of H-pyrrole nitrogens is 1. The normalized spacial score (nSPS) is 11.2. The Morgan fingerprint density at radius 3 is 2.90 bits per heavy atom. The molecular formula is C12H16N8S. The molecule has 0 unspecified atom stereocenters. The first kappa shape index (κ1) is 13.8. The van der Waals surface area contributed by atoms with Gasteiger partial charge in [0.2, 0.25) is 5.16 Å². The molecule has 2 N–H and O–H groups in total. The van der Waals surface area contributed by atoms with Gasteiger partial charge in [-0.25, -0.2) is 15.0 Å². The summed E-state index contributed by atoms with van der Waals surface area (Å²) >= 11 is 1.60. The summed E-state index contributed by atoms with van der Waals surface area (Å²) in [6.45, 7) is 4.53. The molecular weight excluding hydrogens is 288 g/mol. The molecule has 8 nitrogen and oxygen atoms in total. The summed E-state index contributed by atoms with van der Waals surface area (Å²) < 4.78 is 1.75. The second-order valence-electron chi connectivity index (χ2n) is 4.60. The number of aromatic nitrogens is 7. The predicted molar refractivity (Wildman–Crippen MR) is 81.4 cm³/mol. The van der Waals surface area contributed by atoms with Crippen molar-refractivity contribution in [2.24, 2.45) is 7.05 Å². The summed E-state index contributed by atoms with van der Waals surface area (Å²) in [5, 5.41) is 16.2. The van der Waals surface area contributed by atoms with Gasteiger partial charge in [-0.3, -0.25) is 9.78 Å². The molecule has 0 saturated heterocycles. The summed E-state index contributed by atoms with van der Waals surface area (Å²) in [7, 11) is 1.87. The van der Waals surface area contributed by atoms with E-state index in [1.54, 1.807) is 22.6 Å². The van der Waals surface area contributed by atoms with E-state index in [-0.39, 0.29) is 0 Å². The zero-order valence-corrected chi connectivity index (χ0v) is 12.9. The number of fused-ring (bicyclic) bond motifs is 1. The van der Waals surface area contributed by atoms with Gasteiger partial charge in [-0.2, -0.15) is 5.10 Å². The highest BCUT2D eigenvalue weighted by Crippen LogP contribution is 2.19. The second-order valence-corrected chi connectivity index (χ2v) is 5.67. The molecule has 0 aromatic carbocycles. The van der Waals surface area contributed by atoms with Gasteiger partial charge in [0.05, 0.1) is 11.6 Å². The molecule has 3 aromatic heterocycles. The molecule has 110 valence electrons. The first-order chi connectivity index (χ1) is 10.1. The lowest BCUT2D eigenvalue weighted by Gasteiger charge is -2.06. The van der Waals surface area contributed by atoms with Crippen LogP contribution in [0, 0.1) is 13.8 Å². The zero-order chi connectivity index (χ0) is 14.8. The molecule has 0 amide bonds. The number of nitrogens with zero attached hydrogens (tertiary/aromatic N) is 6. The molecule has 0 aliphatic carbocycles. The van der Waals surface area contributed by atoms with Crippen LogP contribution in [-0.2, 0) is 7.05 Å². The quantitative estimate of drug-likeness (QED) is 0.541. The van der Waals surface area contributed by atoms with Crippen LogP contribution in [0.5, 0.6) is 0 Å². The maximum Gasteiger partial charge on any atom is 0.208 e. The van der Waals surface area contributed by atoms with Crippen LogP contribution in [0.4, 0.5) is 5.82 Å². The van der Waals surface area contributed by atoms with Crippen LogP contribution in [0.3, 0.4) is 0 Å². The Labute approximate surface area is 125 Å². The van der Waals surface area contributed by atoms with E-state index in [1.165, 1.54) is 0 Å². The van der Waals surface area contributed by atoms with Crippen molar-refractivity contribution in [3.05, 3.63) is 17.8 Å². The smallest absolute Gasteiger partial charge is 0.208 e. The van der Waals surface area contributed by atoms with Crippen molar-refractivity contribution in [1.29, 1.82) is 0 Å². The van der Waals surface area contributed by atoms with E-state index in [0.717, 1.165) is 46.0 Å². The topological polar surface area (TPSA) is 97.2 Å². The van der Waals surface area contributed by atoms with Gasteiger partial charge in [0.25, 0.3) is 0 Å². The van der Waals surface area contributed by atoms with Crippen LogP contribution in [0.15, 0.2) is 11.4 Å². The van der Waals surface area contributed by atoms with Crippen molar-refractivity contribution in [2.45, 2.75) is 19.0 Å². The average Bonchev–Trinajstić information content (AvgIpc) is 3.02. The van der Waals surface area contributed by atoms with Crippen LogP contribution in [0.2, 0.25) is 0 Å². The number of aryl methyl sites for hydroxylation is 3. The number of nitrogens with one attached hydrogen (secondary N) is 2. The molecule has 0 aliphatic rings. The fourth-order valence-electron chi connectivity index (χ4n) is 1.96. The van der Waals surface area contributed by atoms with Crippen LogP contribution in [0.1, 0.15) is 11.6 Å². The maximum absolute atomic E-state index is 4.44. The van der Waals surface area contributed by atoms with Crippen molar-refractivity contribution in [2.75, 3.05) is 17.6 Å². The van der Waals surface area contributed by atoms with Gasteiger partial charge in [0.15, 0.2) is 5.65 Å². The molecule has 0 bridgehead atoms. The molecule has 3 aromatic rings. The van der Waals surface area contributed by atoms with Crippen LogP contribution in [-0.4, -0.2) is 47.2 Å². The third-order valence-electron chi connectivity index (χ3n) is 2.91. The molecule has 0 saturated carbocycles. The van der Waals surface area contributed by atoms with Crippen molar-refractivity contribution in [1.82, 2.24) is 34.9 Å². The van der Waals surface area contributed by atoms with Crippen LogP contribution >= 0.6 is 11.8 Å². The fourth-order valence-corrected chi connectivity index (χ4v) is 2.66. The predicted octanol–water partition coefficient (Wildman–Crippen LogP) is 1.30. The lowest BCUT2D eigenvalue weighted by Crippen LogP contribution is -2.08. The SMILES string of the molecule is Cc1nc(NCCSc2n[nH]c(C)n2)c2cnn(C)c2n1. The van der Waals surface area contributed by atoms with Gasteiger partial charge < -0.3 is 5.32 Å². The zero-order valence-electron chi connectivity index (χ0n) is 12.1. The molecule has 21 heavy (non-hydrogen) atoms. The first-order valence-corrected chi connectivity index (χ1v) is 7.54. The standard InChI is InChI=1S/C12H16N8S/c1-7-15-10(9-6-14-20(3)11(9)16-7)13-4-5-21-12-17-8(2)18-19-12/h6H,4-5H2,1-3H3,(H,13,15,16)(H,17,18,19). The lowest BCUT2D eigenvalue weighted by atomic mass is 10.4. The van der Waals surface area contributed by atoms with Gasteiger partial charge in [0.1, 0.15) is 17.5 Å².